The number of hydrogen-bond donors (Lipinski definition) is 1. The number of thioether (sulfide) groups is 1. The lowest BCUT2D eigenvalue weighted by atomic mass is 10.3. The van der Waals surface area contributed by atoms with Gasteiger partial charge in [-0.3, -0.25) is 0 Å². The molecule has 1 nitrogen and oxygen atoms in total. The second-order valence-corrected chi connectivity index (χ2v) is 4.05. The minimum atomic E-state index is 0.726. The molecule has 1 aliphatic heterocycles. The molecule has 0 radical (unpaired) electrons. The molecular weight excluding hydrogens is 138 g/mol. The Morgan fingerprint density at radius 1 is 1.88 bits per heavy atom. The molecule has 1 aliphatic rings. The van der Waals surface area contributed by atoms with E-state index in [-0.39, 0.29) is 0 Å². The van der Waals surface area contributed by atoms with Crippen LogP contribution in [0.3, 0.4) is 0 Å². The highest BCUT2D eigenvalue weighted by atomic mass is 32.2. The molecule has 0 amide bonds. The second kappa shape index (κ2) is 2.69. The Bertz CT molecular complexity index is 103. The van der Waals surface area contributed by atoms with Crippen molar-refractivity contribution in [3.63, 3.8) is 0 Å². The molecule has 0 aromatic carbocycles. The quantitative estimate of drug-likeness (QED) is 0.520. The molecule has 1 unspecified atom stereocenters. The molecule has 8 heavy (non-hydrogen) atoms. The van der Waals surface area contributed by atoms with Crippen molar-refractivity contribution < 1.29 is 0 Å². The topological polar surface area (TPSA) is 12.0 Å². The fraction of sp³-hybridized carbons (Fsp3) is 0.800. The molecule has 1 fully saturated rings. The molecule has 0 bridgehead atoms. The van der Waals surface area contributed by atoms with Crippen LogP contribution in [-0.4, -0.2) is 16.1 Å². The van der Waals surface area contributed by atoms with Crippen LogP contribution < -0.4 is 5.32 Å². The molecule has 1 N–H and O–H groups in total. The van der Waals surface area contributed by atoms with Gasteiger partial charge in [-0.05, 0) is 6.42 Å². The van der Waals surface area contributed by atoms with Crippen LogP contribution in [0.4, 0.5) is 0 Å². The van der Waals surface area contributed by atoms with Crippen LogP contribution in [0.5, 0.6) is 0 Å². The average Bonchev–Trinajstić information content (AvgIpc) is 1.64. The molecule has 1 atom stereocenters. The van der Waals surface area contributed by atoms with Gasteiger partial charge in [0, 0.05) is 11.8 Å². The first-order valence-corrected chi connectivity index (χ1v) is 4.02. The highest BCUT2D eigenvalue weighted by Crippen LogP contribution is 2.17. The van der Waals surface area contributed by atoms with E-state index in [0.29, 0.717) is 0 Å². The van der Waals surface area contributed by atoms with E-state index in [1.807, 2.05) is 0 Å². The first-order chi connectivity index (χ1) is 3.79. The molecule has 1 heterocycles. The van der Waals surface area contributed by atoms with E-state index in [2.05, 4.69) is 12.2 Å². The Balaban J connectivity index is 2.34. The summed E-state index contributed by atoms with van der Waals surface area (Å²) in [5.74, 6) is 0. The maximum Gasteiger partial charge on any atom is 0.134 e. The Labute approximate surface area is 59.2 Å². The van der Waals surface area contributed by atoms with E-state index < -0.39 is 0 Å². The van der Waals surface area contributed by atoms with Crippen molar-refractivity contribution in [1.29, 1.82) is 0 Å². The van der Waals surface area contributed by atoms with Crippen LogP contribution in [-0.2, 0) is 0 Å². The van der Waals surface area contributed by atoms with Crippen molar-refractivity contribution in [1.82, 2.24) is 5.32 Å². The summed E-state index contributed by atoms with van der Waals surface area (Å²) in [4.78, 5) is 0. The maximum absolute atomic E-state index is 4.93. The Kier molecular flexibility index (Phi) is 2.14. The van der Waals surface area contributed by atoms with Gasteiger partial charge in [-0.15, -0.1) is 0 Å². The summed E-state index contributed by atoms with van der Waals surface area (Å²) >= 11 is 6.70. The van der Waals surface area contributed by atoms with Crippen LogP contribution in [0.2, 0.25) is 0 Å². The molecule has 0 spiro atoms. The van der Waals surface area contributed by atoms with Gasteiger partial charge in [0.05, 0.1) is 0 Å². The lowest BCUT2D eigenvalue weighted by Crippen LogP contribution is -2.28. The average molecular weight is 147 g/mol. The summed E-state index contributed by atoms with van der Waals surface area (Å²) in [6, 6.07) is 0. The molecule has 46 valence electrons. The van der Waals surface area contributed by atoms with Crippen molar-refractivity contribution in [3.8, 4) is 0 Å². The SMILES string of the molecule is CC1CCNC(=S)S1. The van der Waals surface area contributed by atoms with Gasteiger partial charge in [0.1, 0.15) is 4.32 Å². The van der Waals surface area contributed by atoms with Crippen LogP contribution in [0, 0.1) is 0 Å². The summed E-state index contributed by atoms with van der Waals surface area (Å²) in [7, 11) is 0. The zero-order valence-electron chi connectivity index (χ0n) is 4.81. The smallest absolute Gasteiger partial charge is 0.134 e. The van der Waals surface area contributed by atoms with Gasteiger partial charge in [-0.1, -0.05) is 30.9 Å². The summed E-state index contributed by atoms with van der Waals surface area (Å²) in [6.07, 6.45) is 1.24. The zero-order chi connectivity index (χ0) is 5.98. The van der Waals surface area contributed by atoms with Crippen molar-refractivity contribution in [2.75, 3.05) is 6.54 Å². The first kappa shape index (κ1) is 6.36. The number of thiocarbonyl (C=S) groups is 1. The fourth-order valence-electron chi connectivity index (χ4n) is 0.661. The van der Waals surface area contributed by atoms with Gasteiger partial charge in [-0.25, -0.2) is 0 Å². The summed E-state index contributed by atoms with van der Waals surface area (Å²) in [5, 5.41) is 3.83. The van der Waals surface area contributed by atoms with Gasteiger partial charge >= 0.3 is 0 Å². The molecule has 0 aromatic rings. The summed E-state index contributed by atoms with van der Waals surface area (Å²) in [6.45, 7) is 3.27. The van der Waals surface area contributed by atoms with Crippen LogP contribution in [0.15, 0.2) is 0 Å². The van der Waals surface area contributed by atoms with Gasteiger partial charge in [0.2, 0.25) is 0 Å². The van der Waals surface area contributed by atoms with Crippen LogP contribution >= 0.6 is 24.0 Å². The van der Waals surface area contributed by atoms with Crippen LogP contribution in [0.25, 0.3) is 0 Å². The maximum atomic E-state index is 4.93. The molecule has 1 saturated heterocycles. The number of nitrogens with one attached hydrogen (secondary N) is 1. The van der Waals surface area contributed by atoms with E-state index in [4.69, 9.17) is 12.2 Å². The van der Waals surface area contributed by atoms with E-state index in [1.54, 1.807) is 11.8 Å². The number of rotatable bonds is 0. The Hall–Kier alpha value is 0.240. The third-order valence-electron chi connectivity index (χ3n) is 1.13. The molecular formula is C5H9NS2. The first-order valence-electron chi connectivity index (χ1n) is 2.73. The highest BCUT2D eigenvalue weighted by Gasteiger charge is 2.10. The lowest BCUT2D eigenvalue weighted by molar-refractivity contribution is 0.765. The monoisotopic (exact) mass is 147 g/mol. The second-order valence-electron chi connectivity index (χ2n) is 1.93. The fourth-order valence-corrected chi connectivity index (χ4v) is 2.04. The third-order valence-corrected chi connectivity index (χ3v) is 2.56. The van der Waals surface area contributed by atoms with Gasteiger partial charge in [0.15, 0.2) is 0 Å². The van der Waals surface area contributed by atoms with E-state index >= 15 is 0 Å². The molecule has 1 rings (SSSR count). The van der Waals surface area contributed by atoms with Crippen molar-refractivity contribution in [3.05, 3.63) is 0 Å². The highest BCUT2D eigenvalue weighted by molar-refractivity contribution is 8.23. The predicted octanol–water partition coefficient (Wildman–Crippen LogP) is 1.39. The van der Waals surface area contributed by atoms with Crippen molar-refractivity contribution >= 4 is 28.3 Å². The van der Waals surface area contributed by atoms with Gasteiger partial charge in [-0.2, -0.15) is 0 Å². The Morgan fingerprint density at radius 2 is 2.62 bits per heavy atom. The van der Waals surface area contributed by atoms with Crippen molar-refractivity contribution in [2.45, 2.75) is 18.6 Å². The van der Waals surface area contributed by atoms with E-state index in [1.165, 1.54) is 6.42 Å². The van der Waals surface area contributed by atoms with Gasteiger partial charge < -0.3 is 5.32 Å². The van der Waals surface area contributed by atoms with E-state index in [9.17, 15) is 0 Å². The molecule has 0 aromatic heterocycles. The Morgan fingerprint density at radius 3 is 3.00 bits per heavy atom. The standard InChI is InChI=1S/C5H9NS2/c1-4-2-3-6-5(7)8-4/h4H,2-3H2,1H3,(H,6,7). The minimum Gasteiger partial charge on any atom is -0.371 e. The predicted molar refractivity (Wildman–Crippen MR) is 42.3 cm³/mol. The zero-order valence-corrected chi connectivity index (χ0v) is 6.44. The lowest BCUT2D eigenvalue weighted by Gasteiger charge is -2.18. The summed E-state index contributed by atoms with van der Waals surface area (Å²) in [5.41, 5.74) is 0. The third kappa shape index (κ3) is 1.63. The molecule has 0 saturated carbocycles. The number of hydrogen-bond acceptors (Lipinski definition) is 2. The largest absolute Gasteiger partial charge is 0.371 e. The van der Waals surface area contributed by atoms with Gasteiger partial charge in [0.25, 0.3) is 0 Å². The molecule has 3 heteroatoms. The van der Waals surface area contributed by atoms with Crippen LogP contribution in [0.1, 0.15) is 13.3 Å². The molecule has 0 aliphatic carbocycles. The minimum absolute atomic E-state index is 0.726. The summed E-state index contributed by atoms with van der Waals surface area (Å²) < 4.78 is 0.962. The van der Waals surface area contributed by atoms with E-state index in [0.717, 1.165) is 16.1 Å². The van der Waals surface area contributed by atoms with Crippen molar-refractivity contribution in [2.24, 2.45) is 0 Å². The normalized spacial score (nSPS) is 29.6.